The number of hydrogen-bond donors (Lipinski definition) is 1. The Morgan fingerprint density at radius 1 is 1.73 bits per heavy atom. The minimum absolute atomic E-state index is 0.00479. The van der Waals surface area contributed by atoms with Gasteiger partial charge in [-0.2, -0.15) is 5.10 Å². The van der Waals surface area contributed by atoms with Crippen molar-refractivity contribution in [1.82, 2.24) is 14.7 Å². The van der Waals surface area contributed by atoms with E-state index in [-0.39, 0.29) is 11.9 Å². The van der Waals surface area contributed by atoms with Gasteiger partial charge in [0, 0.05) is 26.2 Å². The lowest BCUT2D eigenvalue weighted by Crippen LogP contribution is -2.33. The van der Waals surface area contributed by atoms with Gasteiger partial charge in [0.25, 0.3) is 5.91 Å². The van der Waals surface area contributed by atoms with Gasteiger partial charge in [-0.05, 0) is 22.4 Å². The van der Waals surface area contributed by atoms with E-state index in [1.807, 2.05) is 0 Å². The summed E-state index contributed by atoms with van der Waals surface area (Å²) in [5.41, 5.74) is 6.35. The number of nitrogens with zero attached hydrogens (tertiary/aromatic N) is 3. The first-order chi connectivity index (χ1) is 7.09. The number of aryl methyl sites for hydroxylation is 1. The van der Waals surface area contributed by atoms with Crippen LogP contribution in [0.4, 0.5) is 0 Å². The molecule has 0 aromatic carbocycles. The Balaban J connectivity index is 2.21. The first-order valence-electron chi connectivity index (χ1n) is 4.82. The summed E-state index contributed by atoms with van der Waals surface area (Å²) < 4.78 is 2.31. The second-order valence-corrected chi connectivity index (χ2v) is 4.62. The summed E-state index contributed by atoms with van der Waals surface area (Å²) in [7, 11) is 1.76. The van der Waals surface area contributed by atoms with E-state index in [4.69, 9.17) is 5.73 Å². The van der Waals surface area contributed by atoms with Gasteiger partial charge >= 0.3 is 0 Å². The molecule has 1 aliphatic heterocycles. The molecule has 0 radical (unpaired) electrons. The fourth-order valence-corrected chi connectivity index (χ4v) is 2.29. The van der Waals surface area contributed by atoms with Crippen LogP contribution in [0, 0.1) is 0 Å². The highest BCUT2D eigenvalue weighted by Crippen LogP contribution is 2.19. The molecule has 0 saturated carbocycles. The van der Waals surface area contributed by atoms with Crippen molar-refractivity contribution in [3.8, 4) is 0 Å². The van der Waals surface area contributed by atoms with Gasteiger partial charge in [0.1, 0.15) is 5.69 Å². The summed E-state index contributed by atoms with van der Waals surface area (Å²) >= 11 is 3.32. The number of carbonyl (C=O) groups is 1. The highest BCUT2D eigenvalue weighted by Gasteiger charge is 2.27. The molecule has 1 amide bonds. The summed E-state index contributed by atoms with van der Waals surface area (Å²) in [5.74, 6) is -0.00479. The third-order valence-corrected chi connectivity index (χ3v) is 3.19. The maximum Gasteiger partial charge on any atom is 0.273 e. The first kappa shape index (κ1) is 10.6. The van der Waals surface area contributed by atoms with E-state index >= 15 is 0 Å². The zero-order chi connectivity index (χ0) is 11.0. The molecular weight excluding hydrogens is 260 g/mol. The van der Waals surface area contributed by atoms with E-state index in [0.29, 0.717) is 12.2 Å². The summed E-state index contributed by atoms with van der Waals surface area (Å²) in [6.07, 6.45) is 2.50. The summed E-state index contributed by atoms with van der Waals surface area (Å²) in [6.45, 7) is 1.37. The maximum atomic E-state index is 12.1. The lowest BCUT2D eigenvalue weighted by molar-refractivity contribution is 0.0779. The average Bonchev–Trinajstić information content (AvgIpc) is 2.73. The van der Waals surface area contributed by atoms with Crippen molar-refractivity contribution < 1.29 is 4.79 Å². The SMILES string of the molecule is Cn1ncc(Br)c1C(=O)N1CCC(N)C1. The van der Waals surface area contributed by atoms with Gasteiger partial charge in [-0.15, -0.1) is 0 Å². The van der Waals surface area contributed by atoms with E-state index in [9.17, 15) is 4.79 Å². The Bertz CT molecular complexity index is 370. The smallest absolute Gasteiger partial charge is 0.273 e. The molecule has 1 aromatic heterocycles. The first-order valence-corrected chi connectivity index (χ1v) is 5.61. The third-order valence-electron chi connectivity index (χ3n) is 2.61. The van der Waals surface area contributed by atoms with Crippen molar-refractivity contribution in [2.75, 3.05) is 13.1 Å². The number of nitrogens with two attached hydrogens (primary N) is 1. The Kier molecular flexibility index (Phi) is 2.79. The molecule has 0 bridgehead atoms. The molecule has 1 aliphatic rings. The summed E-state index contributed by atoms with van der Waals surface area (Å²) in [5, 5.41) is 4.02. The standard InChI is InChI=1S/C9H13BrN4O/c1-13-8(7(10)4-12-13)9(15)14-3-2-6(11)5-14/h4,6H,2-3,5,11H2,1H3. The van der Waals surface area contributed by atoms with Crippen molar-refractivity contribution >= 4 is 21.8 Å². The topological polar surface area (TPSA) is 64.2 Å². The van der Waals surface area contributed by atoms with Crippen molar-refractivity contribution in [3.63, 3.8) is 0 Å². The zero-order valence-corrected chi connectivity index (χ0v) is 10.1. The average molecular weight is 273 g/mol. The van der Waals surface area contributed by atoms with Gasteiger partial charge in [0.15, 0.2) is 0 Å². The molecule has 6 heteroatoms. The number of halogens is 1. The van der Waals surface area contributed by atoms with E-state index in [1.165, 1.54) is 0 Å². The quantitative estimate of drug-likeness (QED) is 0.803. The lowest BCUT2D eigenvalue weighted by Gasteiger charge is -2.15. The predicted molar refractivity (Wildman–Crippen MR) is 59.4 cm³/mol. The van der Waals surface area contributed by atoms with Gasteiger partial charge in [0.05, 0.1) is 10.7 Å². The summed E-state index contributed by atoms with van der Waals surface area (Å²) in [4.78, 5) is 13.8. The molecule has 1 aromatic rings. The molecule has 2 rings (SSSR count). The van der Waals surface area contributed by atoms with Gasteiger partial charge in [0.2, 0.25) is 0 Å². The molecule has 0 aliphatic carbocycles. The second-order valence-electron chi connectivity index (χ2n) is 3.76. The second kappa shape index (κ2) is 3.94. The van der Waals surface area contributed by atoms with E-state index in [0.717, 1.165) is 17.4 Å². The predicted octanol–water partition coefficient (Wildman–Crippen LogP) is 0.356. The van der Waals surface area contributed by atoms with Crippen LogP contribution in [0.1, 0.15) is 16.9 Å². The van der Waals surface area contributed by atoms with Crippen molar-refractivity contribution in [1.29, 1.82) is 0 Å². The van der Waals surface area contributed by atoms with Gasteiger partial charge in [-0.1, -0.05) is 0 Å². The Hall–Kier alpha value is -0.880. The monoisotopic (exact) mass is 272 g/mol. The van der Waals surface area contributed by atoms with Crippen LogP contribution in [0.15, 0.2) is 10.7 Å². The Morgan fingerprint density at radius 2 is 2.47 bits per heavy atom. The molecule has 1 saturated heterocycles. The molecule has 0 spiro atoms. The van der Waals surface area contributed by atoms with Crippen LogP contribution in [0.2, 0.25) is 0 Å². The minimum atomic E-state index is -0.00479. The molecule has 1 atom stereocenters. The minimum Gasteiger partial charge on any atom is -0.336 e. The molecule has 82 valence electrons. The van der Waals surface area contributed by atoms with E-state index in [2.05, 4.69) is 21.0 Å². The highest BCUT2D eigenvalue weighted by molar-refractivity contribution is 9.10. The number of hydrogen-bond acceptors (Lipinski definition) is 3. The van der Waals surface area contributed by atoms with Crippen LogP contribution in [-0.2, 0) is 7.05 Å². The largest absolute Gasteiger partial charge is 0.336 e. The normalized spacial score (nSPS) is 21.0. The maximum absolute atomic E-state index is 12.1. The molecule has 2 heterocycles. The molecule has 15 heavy (non-hydrogen) atoms. The van der Waals surface area contributed by atoms with Crippen LogP contribution in [0.25, 0.3) is 0 Å². The van der Waals surface area contributed by atoms with Gasteiger partial charge in [-0.3, -0.25) is 9.48 Å². The molecular formula is C9H13BrN4O. The van der Waals surface area contributed by atoms with Crippen molar-refractivity contribution in [2.45, 2.75) is 12.5 Å². The number of carbonyl (C=O) groups excluding carboxylic acids is 1. The molecule has 1 fully saturated rings. The number of aromatic nitrogens is 2. The fraction of sp³-hybridized carbons (Fsp3) is 0.556. The van der Waals surface area contributed by atoms with Crippen LogP contribution in [0.3, 0.4) is 0 Å². The van der Waals surface area contributed by atoms with Crippen LogP contribution >= 0.6 is 15.9 Å². The lowest BCUT2D eigenvalue weighted by atomic mass is 10.3. The highest BCUT2D eigenvalue weighted by atomic mass is 79.9. The van der Waals surface area contributed by atoms with E-state index < -0.39 is 0 Å². The zero-order valence-electron chi connectivity index (χ0n) is 8.48. The van der Waals surface area contributed by atoms with Crippen LogP contribution in [0.5, 0.6) is 0 Å². The molecule has 5 nitrogen and oxygen atoms in total. The Labute approximate surface area is 96.4 Å². The van der Waals surface area contributed by atoms with Crippen LogP contribution < -0.4 is 5.73 Å². The molecule has 1 unspecified atom stereocenters. The number of amides is 1. The van der Waals surface area contributed by atoms with Gasteiger partial charge in [-0.25, -0.2) is 0 Å². The Morgan fingerprint density at radius 3 is 2.93 bits per heavy atom. The molecule has 2 N–H and O–H groups in total. The number of likely N-dealkylation sites (tertiary alicyclic amines) is 1. The van der Waals surface area contributed by atoms with Crippen molar-refractivity contribution in [2.24, 2.45) is 12.8 Å². The van der Waals surface area contributed by atoms with Gasteiger partial charge < -0.3 is 10.6 Å². The fourth-order valence-electron chi connectivity index (χ4n) is 1.77. The number of rotatable bonds is 1. The van der Waals surface area contributed by atoms with E-state index in [1.54, 1.807) is 22.8 Å². The van der Waals surface area contributed by atoms with Crippen LogP contribution in [-0.4, -0.2) is 39.7 Å². The third kappa shape index (κ3) is 1.91. The van der Waals surface area contributed by atoms with Crippen molar-refractivity contribution in [3.05, 3.63) is 16.4 Å². The summed E-state index contributed by atoms with van der Waals surface area (Å²) in [6, 6.07) is 0.112.